The zero-order valence-electron chi connectivity index (χ0n) is 11.4. The molecule has 0 aliphatic carbocycles. The highest BCUT2D eigenvalue weighted by Gasteiger charge is 2.05. The minimum absolute atomic E-state index is 0.335. The lowest BCUT2D eigenvalue weighted by atomic mass is 10.3. The van der Waals surface area contributed by atoms with Crippen LogP contribution < -0.4 is 15.2 Å². The van der Waals surface area contributed by atoms with E-state index in [9.17, 15) is 0 Å². The van der Waals surface area contributed by atoms with Crippen LogP contribution in [0.15, 0.2) is 42.6 Å². The summed E-state index contributed by atoms with van der Waals surface area (Å²) in [4.78, 5) is 4.06. The number of nitrogen functional groups attached to an aromatic ring is 1. The number of nitrogens with two attached hydrogens (primary N) is 1. The monoisotopic (exact) mass is 274 g/mol. The van der Waals surface area contributed by atoms with Gasteiger partial charge in [-0.15, -0.1) is 0 Å². The molecule has 20 heavy (non-hydrogen) atoms. The largest absolute Gasteiger partial charge is 0.487 e. The third kappa shape index (κ3) is 4.13. The van der Waals surface area contributed by atoms with Crippen LogP contribution in [0.4, 0.5) is 5.82 Å². The minimum atomic E-state index is 0.335. The molecule has 2 aromatic rings. The van der Waals surface area contributed by atoms with Crippen molar-refractivity contribution in [1.82, 2.24) is 4.98 Å². The number of aromatic nitrogens is 1. The van der Waals surface area contributed by atoms with Gasteiger partial charge in [0.2, 0.25) is 0 Å². The van der Waals surface area contributed by atoms with E-state index < -0.39 is 0 Å². The summed E-state index contributed by atoms with van der Waals surface area (Å²) in [6.07, 6.45) is 1.57. The molecule has 1 aromatic carbocycles. The second-order valence-corrected chi connectivity index (χ2v) is 4.01. The average Bonchev–Trinajstić information content (AvgIpc) is 2.48. The van der Waals surface area contributed by atoms with E-state index in [1.54, 1.807) is 12.3 Å². The normalized spacial score (nSPS) is 10.2. The van der Waals surface area contributed by atoms with Gasteiger partial charge in [-0.05, 0) is 19.1 Å². The van der Waals surface area contributed by atoms with Gasteiger partial charge in [-0.2, -0.15) is 0 Å². The van der Waals surface area contributed by atoms with Crippen molar-refractivity contribution in [3.05, 3.63) is 42.6 Å². The van der Waals surface area contributed by atoms with E-state index in [0.717, 1.165) is 5.75 Å². The highest BCUT2D eigenvalue weighted by atomic mass is 16.5. The van der Waals surface area contributed by atoms with E-state index in [-0.39, 0.29) is 0 Å². The highest BCUT2D eigenvalue weighted by Crippen LogP contribution is 2.27. The Kier molecular flexibility index (Phi) is 5.20. The Hall–Kier alpha value is -2.27. The predicted molar refractivity (Wildman–Crippen MR) is 77.2 cm³/mol. The standard InChI is InChI=1S/C15H18N2O3/c1-2-18-8-9-19-14-10-13(11-17-15(14)16)20-12-6-4-3-5-7-12/h3-7,10-11H,2,8-9H2,1H3,(H2,16,17). The fraction of sp³-hybridized carbons (Fsp3) is 0.267. The number of rotatable bonds is 7. The molecule has 2 N–H and O–H groups in total. The van der Waals surface area contributed by atoms with E-state index in [2.05, 4.69) is 4.98 Å². The fourth-order valence-corrected chi connectivity index (χ4v) is 1.59. The summed E-state index contributed by atoms with van der Waals surface area (Å²) in [5.74, 6) is 2.15. The van der Waals surface area contributed by atoms with Crippen molar-refractivity contribution in [2.24, 2.45) is 0 Å². The third-order valence-electron chi connectivity index (χ3n) is 2.52. The van der Waals surface area contributed by atoms with Gasteiger partial charge < -0.3 is 19.9 Å². The van der Waals surface area contributed by atoms with Gasteiger partial charge in [0.1, 0.15) is 18.1 Å². The number of benzene rings is 1. The van der Waals surface area contributed by atoms with E-state index in [4.69, 9.17) is 19.9 Å². The summed E-state index contributed by atoms with van der Waals surface area (Å²) in [6.45, 7) is 3.53. The number of ether oxygens (including phenoxy) is 3. The maximum atomic E-state index is 5.77. The van der Waals surface area contributed by atoms with Crippen LogP contribution in [-0.4, -0.2) is 24.8 Å². The molecule has 0 saturated heterocycles. The Bertz CT molecular complexity index is 532. The van der Waals surface area contributed by atoms with Crippen LogP contribution in [0.3, 0.4) is 0 Å². The van der Waals surface area contributed by atoms with Gasteiger partial charge in [0, 0.05) is 12.7 Å². The van der Waals surface area contributed by atoms with Crippen LogP contribution in [0.5, 0.6) is 17.2 Å². The molecular weight excluding hydrogens is 256 g/mol. The molecule has 0 aliphatic rings. The van der Waals surface area contributed by atoms with Crippen molar-refractivity contribution in [3.8, 4) is 17.2 Å². The topological polar surface area (TPSA) is 66.6 Å². The molecule has 2 rings (SSSR count). The molecule has 5 nitrogen and oxygen atoms in total. The van der Waals surface area contributed by atoms with Crippen LogP contribution in [0.25, 0.3) is 0 Å². The molecule has 0 bridgehead atoms. The van der Waals surface area contributed by atoms with Crippen molar-refractivity contribution in [2.75, 3.05) is 25.6 Å². The molecule has 0 radical (unpaired) electrons. The van der Waals surface area contributed by atoms with Crippen molar-refractivity contribution in [1.29, 1.82) is 0 Å². The summed E-state index contributed by atoms with van der Waals surface area (Å²) in [6, 6.07) is 11.2. The van der Waals surface area contributed by atoms with Crippen molar-refractivity contribution in [3.63, 3.8) is 0 Å². The van der Waals surface area contributed by atoms with Crippen molar-refractivity contribution < 1.29 is 14.2 Å². The quantitative estimate of drug-likeness (QED) is 0.786. The first-order chi connectivity index (χ1) is 9.79. The van der Waals surface area contributed by atoms with E-state index in [0.29, 0.717) is 37.1 Å². The van der Waals surface area contributed by atoms with Crippen LogP contribution in [0, 0.1) is 0 Å². The SMILES string of the molecule is CCOCCOc1cc(Oc2ccccc2)cnc1N. The first kappa shape index (κ1) is 14.1. The molecule has 0 atom stereocenters. The summed E-state index contributed by atoms with van der Waals surface area (Å²) in [5.41, 5.74) is 5.77. The summed E-state index contributed by atoms with van der Waals surface area (Å²) < 4.78 is 16.4. The van der Waals surface area contributed by atoms with Gasteiger partial charge in [0.05, 0.1) is 12.8 Å². The van der Waals surface area contributed by atoms with Gasteiger partial charge >= 0.3 is 0 Å². The van der Waals surface area contributed by atoms with Crippen LogP contribution in [-0.2, 0) is 4.74 Å². The lowest BCUT2D eigenvalue weighted by molar-refractivity contribution is 0.110. The zero-order chi connectivity index (χ0) is 14.2. The maximum Gasteiger partial charge on any atom is 0.166 e. The Morgan fingerprint density at radius 1 is 1.10 bits per heavy atom. The predicted octanol–water partition coefficient (Wildman–Crippen LogP) is 2.87. The number of anilines is 1. The van der Waals surface area contributed by atoms with Crippen molar-refractivity contribution in [2.45, 2.75) is 6.92 Å². The van der Waals surface area contributed by atoms with Gasteiger partial charge in [-0.1, -0.05) is 18.2 Å². The van der Waals surface area contributed by atoms with Gasteiger partial charge in [-0.3, -0.25) is 0 Å². The van der Waals surface area contributed by atoms with E-state index in [1.165, 1.54) is 0 Å². The molecule has 0 amide bonds. The lowest BCUT2D eigenvalue weighted by Gasteiger charge is -2.10. The van der Waals surface area contributed by atoms with Crippen molar-refractivity contribution >= 4 is 5.82 Å². The zero-order valence-corrected chi connectivity index (χ0v) is 11.4. The molecule has 5 heteroatoms. The van der Waals surface area contributed by atoms with Gasteiger partial charge in [0.15, 0.2) is 11.6 Å². The van der Waals surface area contributed by atoms with E-state index >= 15 is 0 Å². The number of nitrogens with zero attached hydrogens (tertiary/aromatic N) is 1. The molecule has 0 spiro atoms. The smallest absolute Gasteiger partial charge is 0.166 e. The molecule has 1 aromatic heterocycles. The number of hydrogen-bond donors (Lipinski definition) is 1. The molecular formula is C15H18N2O3. The van der Waals surface area contributed by atoms with Crippen LogP contribution in [0.1, 0.15) is 6.92 Å². The molecule has 106 valence electrons. The Morgan fingerprint density at radius 2 is 1.90 bits per heavy atom. The number of hydrogen-bond acceptors (Lipinski definition) is 5. The van der Waals surface area contributed by atoms with Gasteiger partial charge in [0.25, 0.3) is 0 Å². The average molecular weight is 274 g/mol. The highest BCUT2D eigenvalue weighted by molar-refractivity contribution is 5.49. The third-order valence-corrected chi connectivity index (χ3v) is 2.52. The lowest BCUT2D eigenvalue weighted by Crippen LogP contribution is -2.08. The Morgan fingerprint density at radius 3 is 2.65 bits per heavy atom. The first-order valence-electron chi connectivity index (χ1n) is 6.48. The summed E-state index contributed by atoms with van der Waals surface area (Å²) >= 11 is 0. The molecule has 1 heterocycles. The van der Waals surface area contributed by atoms with E-state index in [1.807, 2.05) is 37.3 Å². The fourth-order valence-electron chi connectivity index (χ4n) is 1.59. The minimum Gasteiger partial charge on any atom is -0.487 e. The second-order valence-electron chi connectivity index (χ2n) is 4.01. The molecule has 0 aliphatic heterocycles. The summed E-state index contributed by atoms with van der Waals surface area (Å²) in [7, 11) is 0. The maximum absolute atomic E-state index is 5.77. The van der Waals surface area contributed by atoms with Gasteiger partial charge in [-0.25, -0.2) is 4.98 Å². The first-order valence-corrected chi connectivity index (χ1v) is 6.48. The number of pyridine rings is 1. The van der Waals surface area contributed by atoms with Crippen LogP contribution in [0.2, 0.25) is 0 Å². The molecule has 0 fully saturated rings. The Balaban J connectivity index is 2.00. The second kappa shape index (κ2) is 7.35. The van der Waals surface area contributed by atoms with Crippen LogP contribution >= 0.6 is 0 Å². The number of para-hydroxylation sites is 1. The molecule has 0 saturated carbocycles. The summed E-state index contributed by atoms with van der Waals surface area (Å²) in [5, 5.41) is 0. The molecule has 0 unspecified atom stereocenters. The Labute approximate surface area is 118 Å².